The van der Waals surface area contributed by atoms with Gasteiger partial charge in [-0.05, 0) is 90.4 Å². The fraction of sp³-hybridized carbons (Fsp3) is 0.435. The van der Waals surface area contributed by atoms with Gasteiger partial charge in [-0.1, -0.05) is 12.1 Å². The van der Waals surface area contributed by atoms with E-state index in [2.05, 4.69) is 26.0 Å². The molecule has 2 aromatic carbocycles. The lowest BCUT2D eigenvalue weighted by molar-refractivity contribution is 0.0825. The number of aromatic nitrogens is 2. The largest absolute Gasteiger partial charge is 0.303 e. The molecule has 0 bridgehead atoms. The van der Waals surface area contributed by atoms with Crippen LogP contribution in [-0.4, -0.2) is 55.3 Å². The van der Waals surface area contributed by atoms with Crippen molar-refractivity contribution in [3.8, 4) is 0 Å². The van der Waals surface area contributed by atoms with Gasteiger partial charge in [0.2, 0.25) is 10.0 Å². The summed E-state index contributed by atoms with van der Waals surface area (Å²) in [7, 11) is -3.36. The number of carbonyl (C=O) groups is 1. The molecule has 1 saturated heterocycles. The monoisotopic (exact) mass is 454 g/mol. The summed E-state index contributed by atoms with van der Waals surface area (Å²) >= 11 is 0. The molecule has 168 valence electrons. The molecule has 3 aromatic rings. The molecule has 1 aliphatic carbocycles. The first-order valence-electron chi connectivity index (χ1n) is 10.9. The highest BCUT2D eigenvalue weighted by atomic mass is 32.2. The molecule has 2 heterocycles. The molecule has 1 aliphatic heterocycles. The van der Waals surface area contributed by atoms with E-state index in [9.17, 15) is 13.2 Å². The van der Waals surface area contributed by atoms with E-state index in [4.69, 9.17) is 4.63 Å². The highest BCUT2D eigenvalue weighted by Crippen LogP contribution is 2.37. The molecular weight excluding hydrogens is 428 g/mol. The van der Waals surface area contributed by atoms with Crippen molar-refractivity contribution in [2.24, 2.45) is 11.8 Å². The minimum absolute atomic E-state index is 0.00251. The van der Waals surface area contributed by atoms with Crippen molar-refractivity contribution >= 4 is 32.5 Å². The van der Waals surface area contributed by atoms with Gasteiger partial charge in [0.05, 0.1) is 6.26 Å². The average molecular weight is 455 g/mol. The molecule has 5 rings (SSSR count). The van der Waals surface area contributed by atoms with Crippen molar-refractivity contribution in [2.45, 2.75) is 25.7 Å². The number of hydrogen-bond acceptors (Lipinski definition) is 7. The molecule has 0 spiro atoms. The second-order valence-corrected chi connectivity index (χ2v) is 10.7. The first kappa shape index (κ1) is 21.1. The normalized spacial score (nSPS) is 20.0. The topological polar surface area (TPSA) is 105 Å². The molecule has 1 unspecified atom stereocenters. The quantitative estimate of drug-likeness (QED) is 0.610. The van der Waals surface area contributed by atoms with Crippen molar-refractivity contribution in [3.63, 3.8) is 0 Å². The van der Waals surface area contributed by atoms with E-state index in [0.717, 1.165) is 68.2 Å². The van der Waals surface area contributed by atoms with E-state index in [1.807, 2.05) is 18.2 Å². The van der Waals surface area contributed by atoms with E-state index in [1.165, 1.54) is 5.56 Å². The number of hydrogen-bond donors (Lipinski definition) is 1. The second-order valence-electron chi connectivity index (χ2n) is 8.94. The Hall–Kier alpha value is -2.78. The van der Waals surface area contributed by atoms with Crippen molar-refractivity contribution in [1.29, 1.82) is 0 Å². The summed E-state index contributed by atoms with van der Waals surface area (Å²) in [6.45, 7) is 2.95. The number of nitrogens with one attached hydrogen (secondary N) is 1. The predicted octanol–water partition coefficient (Wildman–Crippen LogP) is 2.90. The number of Topliss-reactive ketones (excluding diaryl/α,β-unsaturated/α-hetero) is 1. The van der Waals surface area contributed by atoms with Crippen LogP contribution in [0.25, 0.3) is 11.0 Å². The number of piperidine rings is 1. The highest BCUT2D eigenvalue weighted by molar-refractivity contribution is 7.92. The zero-order chi connectivity index (χ0) is 22.3. The molecule has 0 amide bonds. The fourth-order valence-electron chi connectivity index (χ4n) is 5.02. The van der Waals surface area contributed by atoms with Crippen LogP contribution in [0.2, 0.25) is 0 Å². The summed E-state index contributed by atoms with van der Waals surface area (Å²) < 4.78 is 30.2. The fourth-order valence-corrected chi connectivity index (χ4v) is 5.58. The van der Waals surface area contributed by atoms with Gasteiger partial charge in [-0.2, -0.15) is 0 Å². The lowest BCUT2D eigenvalue weighted by atomic mass is 9.82. The highest BCUT2D eigenvalue weighted by Gasteiger charge is 2.37. The lowest BCUT2D eigenvalue weighted by Gasteiger charge is -2.34. The van der Waals surface area contributed by atoms with Crippen LogP contribution in [-0.2, 0) is 22.9 Å². The van der Waals surface area contributed by atoms with Crippen molar-refractivity contribution in [1.82, 2.24) is 15.2 Å². The molecule has 1 fully saturated rings. The molecule has 32 heavy (non-hydrogen) atoms. The molecule has 1 N–H and O–H groups in total. The Labute approximate surface area is 187 Å². The standard InChI is InChI=1S/C23H26N4O4S/c1-32(29,30)26-18-4-3-17-13-19(23(28)20(17)14-18)16-7-10-27(11-8-16)9-6-15-2-5-21-22(12-15)25-31-24-21/h2-5,12,14,16,19,26H,6-11,13H2,1H3. The lowest BCUT2D eigenvalue weighted by Crippen LogP contribution is -2.38. The van der Waals surface area contributed by atoms with E-state index in [1.54, 1.807) is 12.1 Å². The molecule has 1 atom stereocenters. The van der Waals surface area contributed by atoms with E-state index in [0.29, 0.717) is 17.2 Å². The first-order valence-corrected chi connectivity index (χ1v) is 12.8. The van der Waals surface area contributed by atoms with Crippen LogP contribution < -0.4 is 4.72 Å². The number of anilines is 1. The number of rotatable bonds is 6. The van der Waals surface area contributed by atoms with Gasteiger partial charge in [0.15, 0.2) is 5.78 Å². The van der Waals surface area contributed by atoms with Crippen LogP contribution in [0.15, 0.2) is 41.0 Å². The zero-order valence-electron chi connectivity index (χ0n) is 18.0. The predicted molar refractivity (Wildman–Crippen MR) is 121 cm³/mol. The number of sulfonamides is 1. The Kier molecular flexibility index (Phi) is 5.46. The van der Waals surface area contributed by atoms with Crippen molar-refractivity contribution in [2.75, 3.05) is 30.6 Å². The van der Waals surface area contributed by atoms with Crippen molar-refractivity contribution < 1.29 is 17.8 Å². The van der Waals surface area contributed by atoms with Gasteiger partial charge in [-0.3, -0.25) is 9.52 Å². The molecule has 1 aromatic heterocycles. The molecule has 0 saturated carbocycles. The summed E-state index contributed by atoms with van der Waals surface area (Å²) in [5.41, 5.74) is 4.93. The Morgan fingerprint density at radius 1 is 1.09 bits per heavy atom. The summed E-state index contributed by atoms with van der Waals surface area (Å²) in [6, 6.07) is 11.4. The average Bonchev–Trinajstić information content (AvgIpc) is 3.36. The number of likely N-dealkylation sites (tertiary alicyclic amines) is 1. The van der Waals surface area contributed by atoms with Gasteiger partial charge in [0.25, 0.3) is 0 Å². The van der Waals surface area contributed by atoms with Crippen LogP contribution >= 0.6 is 0 Å². The maximum Gasteiger partial charge on any atom is 0.229 e. The van der Waals surface area contributed by atoms with E-state index in [-0.39, 0.29) is 11.7 Å². The minimum atomic E-state index is -3.36. The van der Waals surface area contributed by atoms with Gasteiger partial charge >= 0.3 is 0 Å². The molecule has 2 aliphatic rings. The summed E-state index contributed by atoms with van der Waals surface area (Å²) in [6.07, 6.45) is 4.82. The Morgan fingerprint density at radius 2 is 1.88 bits per heavy atom. The first-order chi connectivity index (χ1) is 15.4. The molecule has 8 nitrogen and oxygen atoms in total. The van der Waals surface area contributed by atoms with Gasteiger partial charge in [0, 0.05) is 23.7 Å². The Bertz CT molecular complexity index is 1260. The number of carbonyl (C=O) groups excluding carboxylic acids is 1. The SMILES string of the molecule is CS(=O)(=O)Nc1ccc2c(c1)C(=O)C(C1CCN(CCc3ccc4nonc4c3)CC1)C2. The summed E-state index contributed by atoms with van der Waals surface area (Å²) in [5.74, 6) is 0.530. The summed E-state index contributed by atoms with van der Waals surface area (Å²) in [5, 5.41) is 7.75. The van der Waals surface area contributed by atoms with Crippen LogP contribution in [0.5, 0.6) is 0 Å². The van der Waals surface area contributed by atoms with Gasteiger partial charge in [-0.25, -0.2) is 13.0 Å². The van der Waals surface area contributed by atoms with Crippen LogP contribution in [0, 0.1) is 11.8 Å². The number of fused-ring (bicyclic) bond motifs is 2. The Morgan fingerprint density at radius 3 is 2.66 bits per heavy atom. The zero-order valence-corrected chi connectivity index (χ0v) is 18.8. The summed E-state index contributed by atoms with van der Waals surface area (Å²) in [4.78, 5) is 15.5. The Balaban J connectivity index is 1.16. The number of ketones is 1. The van der Waals surface area contributed by atoms with E-state index >= 15 is 0 Å². The second kappa shape index (κ2) is 8.29. The van der Waals surface area contributed by atoms with E-state index < -0.39 is 10.0 Å². The number of nitrogens with zero attached hydrogens (tertiary/aromatic N) is 3. The smallest absolute Gasteiger partial charge is 0.229 e. The van der Waals surface area contributed by atoms with Crippen LogP contribution in [0.1, 0.15) is 34.3 Å². The van der Waals surface area contributed by atoms with Crippen LogP contribution in [0.3, 0.4) is 0 Å². The number of benzene rings is 2. The van der Waals surface area contributed by atoms with Crippen LogP contribution in [0.4, 0.5) is 5.69 Å². The van der Waals surface area contributed by atoms with Crippen molar-refractivity contribution in [3.05, 3.63) is 53.1 Å². The molecular formula is C23H26N4O4S. The third kappa shape index (κ3) is 4.40. The van der Waals surface area contributed by atoms with Gasteiger partial charge in [-0.15, -0.1) is 0 Å². The maximum absolute atomic E-state index is 13.1. The molecule has 0 radical (unpaired) electrons. The van der Waals surface area contributed by atoms with Gasteiger partial charge in [0.1, 0.15) is 11.0 Å². The molecule has 9 heteroatoms. The third-order valence-electron chi connectivity index (χ3n) is 6.69. The maximum atomic E-state index is 13.1. The minimum Gasteiger partial charge on any atom is -0.303 e. The third-order valence-corrected chi connectivity index (χ3v) is 7.30. The van der Waals surface area contributed by atoms with Gasteiger partial charge < -0.3 is 4.90 Å².